The maximum Gasteiger partial charge on any atom is 0.0221 e. The molecular weight excluding hydrogens is 220 g/mol. The first-order valence-electron chi connectivity index (χ1n) is 8.16. The lowest BCUT2D eigenvalue weighted by Crippen LogP contribution is -2.61. The zero-order chi connectivity index (χ0) is 13.1. The van der Waals surface area contributed by atoms with E-state index in [1.165, 1.54) is 45.2 Å². The number of rotatable bonds is 5. The highest BCUT2D eigenvalue weighted by molar-refractivity contribution is 4.93. The number of hydrogen-bond donors (Lipinski definition) is 1. The highest BCUT2D eigenvalue weighted by Gasteiger charge is 2.36. The molecule has 1 aliphatic carbocycles. The fourth-order valence-electron chi connectivity index (χ4n) is 3.58. The van der Waals surface area contributed by atoms with Crippen LogP contribution in [0.25, 0.3) is 0 Å². The second kappa shape index (κ2) is 6.38. The second-order valence-corrected chi connectivity index (χ2v) is 6.59. The Morgan fingerprint density at radius 2 is 1.94 bits per heavy atom. The minimum absolute atomic E-state index is 0.709. The van der Waals surface area contributed by atoms with Gasteiger partial charge in [0.05, 0.1) is 0 Å². The third kappa shape index (κ3) is 2.91. The molecule has 0 spiro atoms. The summed E-state index contributed by atoms with van der Waals surface area (Å²) in [4.78, 5) is 2.83. The molecule has 1 N–H and O–H groups in total. The minimum atomic E-state index is 0.709. The van der Waals surface area contributed by atoms with Gasteiger partial charge in [0.1, 0.15) is 0 Å². The number of nitrogens with zero attached hydrogens (tertiary/aromatic N) is 1. The van der Waals surface area contributed by atoms with Crippen molar-refractivity contribution in [2.75, 3.05) is 13.1 Å². The fraction of sp³-hybridized carbons (Fsp3) is 1.00. The number of piperazine rings is 1. The maximum absolute atomic E-state index is 3.79. The lowest BCUT2D eigenvalue weighted by Gasteiger charge is -2.48. The molecule has 0 aromatic carbocycles. The third-order valence-corrected chi connectivity index (χ3v) is 5.65. The quantitative estimate of drug-likeness (QED) is 0.808. The molecule has 0 bridgehead atoms. The first-order chi connectivity index (χ1) is 8.67. The summed E-state index contributed by atoms with van der Waals surface area (Å²) in [6, 6.07) is 2.28. The predicted octanol–water partition coefficient (Wildman–Crippen LogP) is 3.27. The van der Waals surface area contributed by atoms with Crippen molar-refractivity contribution in [2.24, 2.45) is 11.8 Å². The van der Waals surface area contributed by atoms with Gasteiger partial charge < -0.3 is 5.32 Å². The summed E-state index contributed by atoms with van der Waals surface area (Å²) in [5, 5.41) is 3.79. The van der Waals surface area contributed by atoms with Gasteiger partial charge in [-0.05, 0) is 38.0 Å². The predicted molar refractivity (Wildman–Crippen MR) is 78.8 cm³/mol. The topological polar surface area (TPSA) is 15.3 Å². The fourth-order valence-corrected chi connectivity index (χ4v) is 3.58. The molecule has 0 radical (unpaired) electrons. The van der Waals surface area contributed by atoms with Crippen LogP contribution in [-0.2, 0) is 0 Å². The smallest absolute Gasteiger partial charge is 0.0221 e. The van der Waals surface area contributed by atoms with Crippen LogP contribution in [0.5, 0.6) is 0 Å². The van der Waals surface area contributed by atoms with Crippen LogP contribution in [0.1, 0.15) is 59.8 Å². The largest absolute Gasteiger partial charge is 0.311 e. The number of hydrogen-bond acceptors (Lipinski definition) is 2. The third-order valence-electron chi connectivity index (χ3n) is 5.65. The van der Waals surface area contributed by atoms with Gasteiger partial charge in [0.2, 0.25) is 0 Å². The van der Waals surface area contributed by atoms with E-state index in [1.807, 2.05) is 0 Å². The van der Waals surface area contributed by atoms with Crippen LogP contribution in [0.2, 0.25) is 0 Å². The van der Waals surface area contributed by atoms with E-state index in [2.05, 4.69) is 37.9 Å². The highest BCUT2D eigenvalue weighted by Crippen LogP contribution is 2.34. The van der Waals surface area contributed by atoms with Crippen molar-refractivity contribution < 1.29 is 0 Å². The normalized spacial score (nSPS) is 34.0. The van der Waals surface area contributed by atoms with Crippen molar-refractivity contribution in [3.8, 4) is 0 Å². The lowest BCUT2D eigenvalue weighted by molar-refractivity contribution is 0.0256. The zero-order valence-electron chi connectivity index (χ0n) is 12.8. The summed E-state index contributed by atoms with van der Waals surface area (Å²) in [5.41, 5.74) is 0. The van der Waals surface area contributed by atoms with E-state index in [-0.39, 0.29) is 0 Å². The van der Waals surface area contributed by atoms with Crippen molar-refractivity contribution in [3.05, 3.63) is 0 Å². The molecule has 4 unspecified atom stereocenters. The Hall–Kier alpha value is -0.0800. The summed E-state index contributed by atoms with van der Waals surface area (Å²) < 4.78 is 0. The monoisotopic (exact) mass is 252 g/mol. The molecule has 2 aliphatic rings. The molecule has 4 atom stereocenters. The van der Waals surface area contributed by atoms with E-state index >= 15 is 0 Å². The minimum Gasteiger partial charge on any atom is -0.311 e. The van der Waals surface area contributed by atoms with Crippen LogP contribution in [-0.4, -0.2) is 36.1 Å². The summed E-state index contributed by atoms with van der Waals surface area (Å²) in [6.07, 6.45) is 6.98. The zero-order valence-corrected chi connectivity index (χ0v) is 12.8. The Labute approximate surface area is 114 Å². The summed E-state index contributed by atoms with van der Waals surface area (Å²) in [5.74, 6) is 1.79. The van der Waals surface area contributed by atoms with E-state index in [0.29, 0.717) is 6.04 Å². The molecule has 106 valence electrons. The Bertz CT molecular complexity index is 249. The van der Waals surface area contributed by atoms with Gasteiger partial charge in [0.25, 0.3) is 0 Å². The lowest BCUT2D eigenvalue weighted by atomic mass is 9.78. The van der Waals surface area contributed by atoms with Gasteiger partial charge in [-0.1, -0.05) is 33.6 Å². The molecule has 1 heterocycles. The molecule has 0 amide bonds. The van der Waals surface area contributed by atoms with Gasteiger partial charge in [0, 0.05) is 31.2 Å². The van der Waals surface area contributed by atoms with E-state index in [4.69, 9.17) is 0 Å². The number of nitrogens with one attached hydrogen (secondary N) is 1. The molecule has 1 aliphatic heterocycles. The Morgan fingerprint density at radius 1 is 1.22 bits per heavy atom. The maximum atomic E-state index is 3.79. The summed E-state index contributed by atoms with van der Waals surface area (Å²) >= 11 is 0. The molecule has 2 rings (SSSR count). The van der Waals surface area contributed by atoms with E-state index in [1.54, 1.807) is 0 Å². The van der Waals surface area contributed by atoms with E-state index < -0.39 is 0 Å². The van der Waals surface area contributed by atoms with E-state index in [9.17, 15) is 0 Å². The van der Waals surface area contributed by atoms with Crippen LogP contribution < -0.4 is 5.32 Å². The Morgan fingerprint density at radius 3 is 2.44 bits per heavy atom. The SMILES string of the molecule is CCC(C)C1CN(C(C)C2CCC2)C(CC)CN1. The van der Waals surface area contributed by atoms with Crippen LogP contribution in [0.4, 0.5) is 0 Å². The van der Waals surface area contributed by atoms with Crippen molar-refractivity contribution >= 4 is 0 Å². The molecule has 1 saturated heterocycles. The molecule has 18 heavy (non-hydrogen) atoms. The second-order valence-electron chi connectivity index (χ2n) is 6.59. The first-order valence-corrected chi connectivity index (χ1v) is 8.16. The molecular formula is C16H32N2. The molecule has 0 aromatic heterocycles. The molecule has 0 aromatic rings. The average molecular weight is 252 g/mol. The Balaban J connectivity index is 1.98. The van der Waals surface area contributed by atoms with E-state index in [0.717, 1.165) is 23.9 Å². The Kier molecular flexibility index (Phi) is 5.08. The van der Waals surface area contributed by atoms with Gasteiger partial charge in [-0.2, -0.15) is 0 Å². The van der Waals surface area contributed by atoms with Crippen molar-refractivity contribution in [3.63, 3.8) is 0 Å². The van der Waals surface area contributed by atoms with Crippen LogP contribution in [0.15, 0.2) is 0 Å². The van der Waals surface area contributed by atoms with Gasteiger partial charge in [-0.25, -0.2) is 0 Å². The van der Waals surface area contributed by atoms with Gasteiger partial charge in [-0.15, -0.1) is 0 Å². The van der Waals surface area contributed by atoms with Gasteiger partial charge in [-0.3, -0.25) is 4.90 Å². The van der Waals surface area contributed by atoms with Crippen molar-refractivity contribution in [2.45, 2.75) is 77.9 Å². The average Bonchev–Trinajstić information content (AvgIpc) is 2.34. The molecule has 1 saturated carbocycles. The summed E-state index contributed by atoms with van der Waals surface area (Å²) in [7, 11) is 0. The van der Waals surface area contributed by atoms with Crippen LogP contribution >= 0.6 is 0 Å². The van der Waals surface area contributed by atoms with Gasteiger partial charge in [0.15, 0.2) is 0 Å². The first kappa shape index (κ1) is 14.3. The van der Waals surface area contributed by atoms with Crippen LogP contribution in [0.3, 0.4) is 0 Å². The molecule has 2 heteroatoms. The molecule has 2 nitrogen and oxygen atoms in total. The summed E-state index contributed by atoms with van der Waals surface area (Å²) in [6.45, 7) is 12.0. The van der Waals surface area contributed by atoms with Crippen molar-refractivity contribution in [1.29, 1.82) is 0 Å². The van der Waals surface area contributed by atoms with Gasteiger partial charge >= 0.3 is 0 Å². The standard InChI is InChI=1S/C16H32N2/c1-5-12(3)16-11-18(15(6-2)10-17-16)13(4)14-8-7-9-14/h12-17H,5-11H2,1-4H3. The highest BCUT2D eigenvalue weighted by atomic mass is 15.3. The van der Waals surface area contributed by atoms with Crippen LogP contribution in [0, 0.1) is 11.8 Å². The molecule has 2 fully saturated rings. The van der Waals surface area contributed by atoms with Crippen molar-refractivity contribution in [1.82, 2.24) is 10.2 Å².